The van der Waals surface area contributed by atoms with E-state index in [0.29, 0.717) is 36.3 Å². The first-order valence-corrected chi connectivity index (χ1v) is 12.3. The van der Waals surface area contributed by atoms with Gasteiger partial charge in [-0.2, -0.15) is 5.10 Å². The average Bonchev–Trinajstić information content (AvgIpc) is 3.38. The Hall–Kier alpha value is -3.21. The van der Waals surface area contributed by atoms with Crippen LogP contribution in [0.2, 0.25) is 0 Å². The normalized spacial score (nSPS) is 16.8. The zero-order valence-electron chi connectivity index (χ0n) is 17.8. The second kappa shape index (κ2) is 8.73. The molecular formula is C21H25N5O5S. The highest BCUT2D eigenvalue weighted by atomic mass is 32.2. The lowest BCUT2D eigenvalue weighted by Gasteiger charge is -2.15. The van der Waals surface area contributed by atoms with Crippen LogP contribution in [0.1, 0.15) is 36.1 Å². The standard InChI is InChI=1S/C21H25N5O5S/c1-14-6-2-3-7-17(14)26-19(15-12-32(30,31)13-16(15)24-26)23-21(29)20(28)22-9-5-11-25-10-4-8-18(25)27/h2-3,6-7H,4-5,8-13H2,1H3,(H,22,28)(H,23,29). The number of likely N-dealkylation sites (tertiary alicyclic amines) is 1. The van der Waals surface area contributed by atoms with Gasteiger partial charge in [0.05, 0.1) is 22.9 Å². The van der Waals surface area contributed by atoms with Crippen LogP contribution in [0.4, 0.5) is 5.82 Å². The van der Waals surface area contributed by atoms with E-state index in [1.807, 2.05) is 25.1 Å². The summed E-state index contributed by atoms with van der Waals surface area (Å²) >= 11 is 0. The lowest BCUT2D eigenvalue weighted by Crippen LogP contribution is -2.37. The fourth-order valence-corrected chi connectivity index (χ4v) is 5.50. The van der Waals surface area contributed by atoms with E-state index in [2.05, 4.69) is 15.7 Å². The lowest BCUT2D eigenvalue weighted by atomic mass is 10.2. The van der Waals surface area contributed by atoms with Crippen molar-refractivity contribution in [3.8, 4) is 5.69 Å². The number of benzene rings is 1. The number of amides is 3. The predicted octanol–water partition coefficient (Wildman–Crippen LogP) is 0.676. The zero-order valence-corrected chi connectivity index (χ0v) is 18.6. The van der Waals surface area contributed by atoms with Crippen molar-refractivity contribution in [3.63, 3.8) is 0 Å². The molecule has 10 nitrogen and oxygen atoms in total. The third-order valence-electron chi connectivity index (χ3n) is 5.63. The van der Waals surface area contributed by atoms with Gasteiger partial charge in [0.25, 0.3) is 0 Å². The minimum atomic E-state index is -3.34. The molecule has 2 N–H and O–H groups in total. The van der Waals surface area contributed by atoms with Crippen molar-refractivity contribution in [2.24, 2.45) is 0 Å². The van der Waals surface area contributed by atoms with E-state index in [1.165, 1.54) is 4.68 Å². The van der Waals surface area contributed by atoms with E-state index in [4.69, 9.17) is 0 Å². The van der Waals surface area contributed by atoms with Gasteiger partial charge >= 0.3 is 11.8 Å². The lowest BCUT2D eigenvalue weighted by molar-refractivity contribution is -0.136. The Bertz CT molecular complexity index is 1190. The van der Waals surface area contributed by atoms with E-state index in [-0.39, 0.29) is 29.8 Å². The summed E-state index contributed by atoms with van der Waals surface area (Å²) in [5, 5.41) is 9.53. The highest BCUT2D eigenvalue weighted by Crippen LogP contribution is 2.33. The number of nitrogens with one attached hydrogen (secondary N) is 2. The Labute approximate surface area is 185 Å². The van der Waals surface area contributed by atoms with E-state index in [0.717, 1.165) is 18.5 Å². The number of carbonyl (C=O) groups is 3. The third kappa shape index (κ3) is 4.52. The predicted molar refractivity (Wildman–Crippen MR) is 117 cm³/mol. The molecule has 1 saturated heterocycles. The summed E-state index contributed by atoms with van der Waals surface area (Å²) in [6.45, 7) is 3.39. The molecule has 170 valence electrons. The van der Waals surface area contributed by atoms with Gasteiger partial charge < -0.3 is 15.5 Å². The van der Waals surface area contributed by atoms with Crippen molar-refractivity contribution in [1.82, 2.24) is 20.0 Å². The maximum absolute atomic E-state index is 12.6. The largest absolute Gasteiger partial charge is 0.348 e. The number of hydrogen-bond donors (Lipinski definition) is 2. The van der Waals surface area contributed by atoms with Crippen molar-refractivity contribution in [2.45, 2.75) is 37.7 Å². The maximum atomic E-state index is 12.6. The first-order chi connectivity index (χ1) is 15.2. The van der Waals surface area contributed by atoms with Gasteiger partial charge in [0.1, 0.15) is 5.82 Å². The van der Waals surface area contributed by atoms with Crippen molar-refractivity contribution in [2.75, 3.05) is 25.0 Å². The van der Waals surface area contributed by atoms with Gasteiger partial charge in [-0.15, -0.1) is 0 Å². The fraction of sp³-hybridized carbons (Fsp3) is 0.429. The summed E-state index contributed by atoms with van der Waals surface area (Å²) in [5.74, 6) is -1.87. The first-order valence-electron chi connectivity index (χ1n) is 10.5. The molecule has 2 aliphatic rings. The number of anilines is 1. The quantitative estimate of drug-likeness (QED) is 0.482. The van der Waals surface area contributed by atoms with Crippen LogP contribution in [0.25, 0.3) is 5.69 Å². The third-order valence-corrected chi connectivity index (χ3v) is 7.07. The Kier molecular flexibility index (Phi) is 6.00. The molecule has 0 bridgehead atoms. The molecule has 0 saturated carbocycles. The number of para-hydroxylation sites is 1. The molecule has 0 radical (unpaired) electrons. The van der Waals surface area contributed by atoms with Crippen LogP contribution in [0, 0.1) is 6.92 Å². The molecule has 3 heterocycles. The van der Waals surface area contributed by atoms with E-state index < -0.39 is 21.7 Å². The minimum absolute atomic E-state index is 0.113. The van der Waals surface area contributed by atoms with Gasteiger partial charge in [0.15, 0.2) is 9.84 Å². The van der Waals surface area contributed by atoms with Crippen molar-refractivity contribution < 1.29 is 22.8 Å². The molecule has 0 aliphatic carbocycles. The first kappa shape index (κ1) is 22.0. The van der Waals surface area contributed by atoms with E-state index >= 15 is 0 Å². The monoisotopic (exact) mass is 459 g/mol. The van der Waals surface area contributed by atoms with Crippen LogP contribution in [0.15, 0.2) is 24.3 Å². The zero-order chi connectivity index (χ0) is 22.9. The van der Waals surface area contributed by atoms with Crippen LogP contribution in [-0.4, -0.2) is 60.5 Å². The number of aryl methyl sites for hydroxylation is 1. The molecule has 2 aliphatic heterocycles. The Morgan fingerprint density at radius 3 is 2.66 bits per heavy atom. The fourth-order valence-electron chi connectivity index (χ4n) is 4.00. The highest BCUT2D eigenvalue weighted by Gasteiger charge is 2.34. The molecule has 3 amide bonds. The summed E-state index contributed by atoms with van der Waals surface area (Å²) in [5.41, 5.74) is 2.35. The SMILES string of the molecule is Cc1ccccc1-n1nc2c(c1NC(=O)C(=O)NCCCN1CCCC1=O)CS(=O)(=O)C2. The van der Waals surface area contributed by atoms with Crippen LogP contribution < -0.4 is 10.6 Å². The summed E-state index contributed by atoms with van der Waals surface area (Å²) in [4.78, 5) is 38.3. The Morgan fingerprint density at radius 1 is 1.16 bits per heavy atom. The molecule has 11 heteroatoms. The minimum Gasteiger partial charge on any atom is -0.348 e. The molecule has 0 spiro atoms. The Balaban J connectivity index is 1.45. The molecule has 1 fully saturated rings. The van der Waals surface area contributed by atoms with E-state index in [9.17, 15) is 22.8 Å². The molecule has 0 atom stereocenters. The second-order valence-corrected chi connectivity index (χ2v) is 10.1. The molecule has 2 aromatic rings. The number of carbonyl (C=O) groups excluding carboxylic acids is 3. The number of rotatable bonds is 6. The van der Waals surface area contributed by atoms with Crippen molar-refractivity contribution in [3.05, 3.63) is 41.1 Å². The van der Waals surface area contributed by atoms with Crippen LogP contribution in [0.3, 0.4) is 0 Å². The van der Waals surface area contributed by atoms with Crippen LogP contribution in [0.5, 0.6) is 0 Å². The number of fused-ring (bicyclic) bond motifs is 1. The highest BCUT2D eigenvalue weighted by molar-refractivity contribution is 7.90. The van der Waals surface area contributed by atoms with Gasteiger partial charge in [-0.3, -0.25) is 14.4 Å². The summed E-state index contributed by atoms with van der Waals surface area (Å²) in [6.07, 6.45) is 1.95. The van der Waals surface area contributed by atoms with Crippen LogP contribution in [-0.2, 0) is 35.7 Å². The van der Waals surface area contributed by atoms with Gasteiger partial charge in [0.2, 0.25) is 5.91 Å². The van der Waals surface area contributed by atoms with Gasteiger partial charge in [-0.05, 0) is 31.4 Å². The molecule has 0 unspecified atom stereocenters. The van der Waals surface area contributed by atoms with Gasteiger partial charge in [-0.25, -0.2) is 13.1 Å². The number of hydrogen-bond acceptors (Lipinski definition) is 6. The number of sulfone groups is 1. The van der Waals surface area contributed by atoms with E-state index in [1.54, 1.807) is 11.0 Å². The molecule has 1 aromatic carbocycles. The molecule has 1 aromatic heterocycles. The van der Waals surface area contributed by atoms with Crippen molar-refractivity contribution in [1.29, 1.82) is 0 Å². The van der Waals surface area contributed by atoms with Gasteiger partial charge in [-0.1, -0.05) is 18.2 Å². The summed E-state index contributed by atoms with van der Waals surface area (Å²) in [7, 11) is -3.34. The molecule has 4 rings (SSSR count). The van der Waals surface area contributed by atoms with Gasteiger partial charge in [0, 0.05) is 31.6 Å². The maximum Gasteiger partial charge on any atom is 0.314 e. The second-order valence-electron chi connectivity index (χ2n) is 8.05. The molecular weight excluding hydrogens is 434 g/mol. The van der Waals surface area contributed by atoms with Crippen molar-refractivity contribution >= 4 is 33.4 Å². The topological polar surface area (TPSA) is 130 Å². The average molecular weight is 460 g/mol. The summed E-state index contributed by atoms with van der Waals surface area (Å²) < 4.78 is 25.6. The smallest absolute Gasteiger partial charge is 0.314 e. The summed E-state index contributed by atoms with van der Waals surface area (Å²) in [6, 6.07) is 7.36. The number of nitrogens with zero attached hydrogens (tertiary/aromatic N) is 3. The number of aromatic nitrogens is 2. The van der Waals surface area contributed by atoms with Crippen LogP contribution >= 0.6 is 0 Å². The molecule has 32 heavy (non-hydrogen) atoms. The Morgan fingerprint density at radius 2 is 1.94 bits per heavy atom.